The summed E-state index contributed by atoms with van der Waals surface area (Å²) in [5.74, 6) is 4.31. The molecule has 0 spiro atoms. The maximum Gasteiger partial charge on any atom is 0.323 e. The van der Waals surface area contributed by atoms with E-state index in [-0.39, 0.29) is 35.7 Å². The van der Waals surface area contributed by atoms with Crippen molar-refractivity contribution in [3.8, 4) is 17.6 Å². The van der Waals surface area contributed by atoms with Crippen molar-refractivity contribution in [3.05, 3.63) is 95.1 Å². The summed E-state index contributed by atoms with van der Waals surface area (Å²) in [5, 5.41) is 16.7. The molecular weight excluding hydrogens is 622 g/mol. The van der Waals surface area contributed by atoms with Gasteiger partial charge in [-0.1, -0.05) is 56.0 Å². The van der Waals surface area contributed by atoms with Crippen molar-refractivity contribution in [3.63, 3.8) is 0 Å². The van der Waals surface area contributed by atoms with Gasteiger partial charge in [-0.15, -0.1) is 4.41 Å². The third-order valence-electron chi connectivity index (χ3n) is 7.56. The number of carbonyl (C=O) groups is 3. The Hall–Kier alpha value is -4.74. The molecule has 1 heterocycles. The fraction of sp³-hybridized carbons (Fsp3) is 0.324. The van der Waals surface area contributed by atoms with Crippen LogP contribution in [-0.2, 0) is 27.4 Å². The van der Waals surface area contributed by atoms with E-state index in [2.05, 4.69) is 27.4 Å². The number of nitrogens with zero attached hydrogens (tertiary/aromatic N) is 3. The Labute approximate surface area is 277 Å². The van der Waals surface area contributed by atoms with Gasteiger partial charge >= 0.3 is 5.97 Å². The van der Waals surface area contributed by atoms with Crippen LogP contribution in [0.2, 0.25) is 0 Å². The van der Waals surface area contributed by atoms with Crippen molar-refractivity contribution in [2.45, 2.75) is 26.4 Å². The van der Waals surface area contributed by atoms with Crippen molar-refractivity contribution in [1.29, 1.82) is 0 Å². The highest BCUT2D eigenvalue weighted by molar-refractivity contribution is 7.76. The summed E-state index contributed by atoms with van der Waals surface area (Å²) in [4.78, 5) is 38.8. The number of carboxylic acids is 1. The molecule has 0 bridgehead atoms. The molecule has 3 aromatic carbocycles. The van der Waals surface area contributed by atoms with Gasteiger partial charge in [-0.2, -0.15) is 0 Å². The summed E-state index contributed by atoms with van der Waals surface area (Å²) in [6.07, 6.45) is 0. The number of aliphatic carboxylic acids is 1. The van der Waals surface area contributed by atoms with Crippen LogP contribution in [0.15, 0.2) is 72.8 Å². The van der Waals surface area contributed by atoms with Crippen LogP contribution in [0.4, 0.5) is 5.69 Å². The first-order valence-electron chi connectivity index (χ1n) is 15.1. The minimum Gasteiger partial charge on any atom is -0.483 e. The second-order valence-corrected chi connectivity index (χ2v) is 12.0. The Morgan fingerprint density at radius 1 is 0.957 bits per heavy atom. The van der Waals surface area contributed by atoms with Crippen LogP contribution in [0.1, 0.15) is 40.9 Å². The molecule has 2 amide bonds. The quantitative estimate of drug-likeness (QED) is 0.170. The smallest absolute Gasteiger partial charge is 0.323 e. The number of hydrogen-bond acceptors (Lipinski definition) is 7. The number of hydrogen-bond donors (Lipinski definition) is 4. The lowest BCUT2D eigenvalue weighted by Gasteiger charge is -2.42. The maximum absolute atomic E-state index is 13.1. The van der Waals surface area contributed by atoms with E-state index >= 15 is 0 Å². The van der Waals surface area contributed by atoms with Gasteiger partial charge in [-0.25, -0.2) is 9.22 Å². The molecule has 0 saturated carbocycles. The zero-order valence-corrected chi connectivity index (χ0v) is 27.3. The summed E-state index contributed by atoms with van der Waals surface area (Å²) in [6, 6.07) is 21.0. The Morgan fingerprint density at radius 2 is 1.60 bits per heavy atom. The molecule has 1 fully saturated rings. The lowest BCUT2D eigenvalue weighted by molar-refractivity contribution is -0.148. The molecular formula is C34H39N5O7S. The molecule has 12 nitrogen and oxygen atoms in total. The summed E-state index contributed by atoms with van der Waals surface area (Å²) in [6.45, 7) is 5.35. The van der Waals surface area contributed by atoms with Crippen molar-refractivity contribution in [2.24, 2.45) is 5.92 Å². The molecule has 1 aliphatic rings. The molecule has 1 aliphatic heterocycles. The number of rotatable bonds is 12. The molecule has 2 unspecified atom stereocenters. The number of benzene rings is 3. The van der Waals surface area contributed by atoms with Crippen LogP contribution < -0.4 is 20.3 Å². The number of likely N-dealkylation sites (N-methyl/N-ethyl adjacent to an activating group) is 1. The minimum absolute atomic E-state index is 0.234. The maximum atomic E-state index is 13.1. The van der Waals surface area contributed by atoms with Gasteiger partial charge in [0.15, 0.2) is 6.61 Å². The number of amides is 2. The van der Waals surface area contributed by atoms with Gasteiger partial charge in [0.25, 0.3) is 11.8 Å². The van der Waals surface area contributed by atoms with E-state index in [4.69, 9.17) is 4.74 Å². The number of hydrazine groups is 1. The van der Waals surface area contributed by atoms with E-state index in [9.17, 15) is 28.3 Å². The third-order valence-corrected chi connectivity index (χ3v) is 8.34. The normalized spacial score (nSPS) is 14.6. The van der Waals surface area contributed by atoms with Gasteiger partial charge in [-0.05, 0) is 53.9 Å². The average molecular weight is 662 g/mol. The lowest BCUT2D eigenvalue weighted by atomic mass is 10.1. The fourth-order valence-electron chi connectivity index (χ4n) is 5.06. The van der Waals surface area contributed by atoms with Crippen LogP contribution >= 0.6 is 0 Å². The van der Waals surface area contributed by atoms with Gasteiger partial charge in [0, 0.05) is 56.6 Å². The average Bonchev–Trinajstić information content (AvgIpc) is 3.08. The zero-order chi connectivity index (χ0) is 33.9. The van der Waals surface area contributed by atoms with Crippen molar-refractivity contribution >= 4 is 34.7 Å². The number of carbonyl (C=O) groups excluding carboxylic acids is 2. The van der Waals surface area contributed by atoms with Crippen LogP contribution in [0, 0.1) is 17.8 Å². The topological polar surface area (TPSA) is 152 Å². The van der Waals surface area contributed by atoms with E-state index < -0.39 is 23.3 Å². The fourth-order valence-corrected chi connectivity index (χ4v) is 5.95. The first-order valence-corrected chi connectivity index (χ1v) is 16.2. The van der Waals surface area contributed by atoms with Crippen molar-refractivity contribution in [1.82, 2.24) is 20.1 Å². The van der Waals surface area contributed by atoms with Crippen LogP contribution in [-0.4, -0.2) is 87.0 Å². The molecule has 0 aliphatic carbocycles. The van der Waals surface area contributed by atoms with E-state index in [1.54, 1.807) is 37.1 Å². The Kier molecular flexibility index (Phi) is 12.5. The highest BCUT2D eigenvalue weighted by Crippen LogP contribution is 2.23. The molecule has 1 saturated heterocycles. The second kappa shape index (κ2) is 16.7. The van der Waals surface area contributed by atoms with E-state index in [1.165, 1.54) is 7.05 Å². The summed E-state index contributed by atoms with van der Waals surface area (Å²) >= 11 is -2.47. The molecule has 248 valence electrons. The molecule has 47 heavy (non-hydrogen) atoms. The van der Waals surface area contributed by atoms with Gasteiger partial charge in [0.05, 0.1) is 5.56 Å². The van der Waals surface area contributed by atoms with Gasteiger partial charge in [0.1, 0.15) is 11.8 Å². The number of anilines is 1. The molecule has 0 aromatic heterocycles. The van der Waals surface area contributed by atoms with Crippen LogP contribution in [0.3, 0.4) is 0 Å². The molecule has 4 rings (SSSR count). The Bertz CT molecular complexity index is 1630. The molecule has 0 radical (unpaired) electrons. The van der Waals surface area contributed by atoms with Crippen molar-refractivity contribution < 1.29 is 33.0 Å². The standard InChI is InChI=1S/C34H39N5O7S/c1-24(2)32(34(42)43)39(47(44)45)38-19-17-37(18-20-38)28-14-11-25(12-15-28)9-10-26-13-16-30(46-23-31(40)35-3)29(21-26)33(41)36-22-27-7-5-4-6-8-27/h4-8,11-16,21,24,32H,17-20,22-23H2,1-3H3,(H,35,40)(H,36,41)(H,42,43)(H,44,45). The van der Waals surface area contributed by atoms with Gasteiger partial charge < -0.3 is 25.4 Å². The molecule has 4 N–H and O–H groups in total. The molecule has 13 heteroatoms. The van der Waals surface area contributed by atoms with E-state index in [1.807, 2.05) is 54.6 Å². The van der Waals surface area contributed by atoms with Gasteiger partial charge in [0.2, 0.25) is 11.3 Å². The largest absolute Gasteiger partial charge is 0.483 e. The first kappa shape index (κ1) is 35.1. The number of ether oxygens (including phenoxy) is 1. The Morgan fingerprint density at radius 3 is 2.19 bits per heavy atom. The molecule has 2 atom stereocenters. The van der Waals surface area contributed by atoms with Crippen LogP contribution in [0.5, 0.6) is 5.75 Å². The SMILES string of the molecule is CNC(=O)COc1ccc(C#Cc2ccc(N3CCN(N(C(C(=O)O)C(C)C)S(=O)O)CC3)cc2)cc1C(=O)NCc1ccccc1. The first-order chi connectivity index (χ1) is 22.6. The zero-order valence-electron chi connectivity index (χ0n) is 26.5. The predicted molar refractivity (Wildman–Crippen MR) is 179 cm³/mol. The summed E-state index contributed by atoms with van der Waals surface area (Å²) in [7, 11) is 1.51. The Balaban J connectivity index is 1.44. The number of carboxylic acid groups (broad SMARTS) is 1. The predicted octanol–water partition coefficient (Wildman–Crippen LogP) is 2.73. The molecule has 3 aromatic rings. The number of nitrogens with one attached hydrogen (secondary N) is 2. The monoisotopic (exact) mass is 661 g/mol. The summed E-state index contributed by atoms with van der Waals surface area (Å²) < 4.78 is 28.7. The second-order valence-electron chi connectivity index (χ2n) is 11.1. The highest BCUT2D eigenvalue weighted by Gasteiger charge is 2.38. The summed E-state index contributed by atoms with van der Waals surface area (Å²) in [5.41, 5.74) is 3.49. The minimum atomic E-state index is -2.47. The van der Waals surface area contributed by atoms with Gasteiger partial charge in [-0.3, -0.25) is 18.9 Å². The lowest BCUT2D eigenvalue weighted by Crippen LogP contribution is -2.60. The van der Waals surface area contributed by atoms with Crippen molar-refractivity contribution in [2.75, 3.05) is 44.7 Å². The van der Waals surface area contributed by atoms with E-state index in [0.29, 0.717) is 38.3 Å². The van der Waals surface area contributed by atoms with E-state index in [0.717, 1.165) is 21.2 Å². The van der Waals surface area contributed by atoms with Crippen LogP contribution in [0.25, 0.3) is 0 Å². The number of piperazine rings is 1. The highest BCUT2D eigenvalue weighted by atomic mass is 32.2. The third kappa shape index (κ3) is 9.63.